The zero-order valence-electron chi connectivity index (χ0n) is 19.5. The Kier molecular flexibility index (Phi) is 8.31. The molecule has 6 heteroatoms. The van der Waals surface area contributed by atoms with E-state index < -0.39 is 21.4 Å². The second-order valence-electron chi connectivity index (χ2n) is 10.3. The van der Waals surface area contributed by atoms with Gasteiger partial charge in [-0.25, -0.2) is 8.42 Å². The fourth-order valence-corrected chi connectivity index (χ4v) is 9.88. The molecule has 1 N–H and O–H groups in total. The number of hydrogen-bond donors (Lipinski definition) is 1. The summed E-state index contributed by atoms with van der Waals surface area (Å²) in [5.74, 6) is 0.468. The van der Waals surface area contributed by atoms with E-state index in [0.717, 1.165) is 64.2 Å². The maximum absolute atomic E-state index is 13.7. The molecule has 2 saturated carbocycles. The van der Waals surface area contributed by atoms with E-state index in [0.29, 0.717) is 12.3 Å². The van der Waals surface area contributed by atoms with Crippen LogP contribution in [0.2, 0.25) is 0 Å². The first-order valence-electron chi connectivity index (χ1n) is 12.3. The summed E-state index contributed by atoms with van der Waals surface area (Å²) in [6.07, 6.45) is 9.65. The third kappa shape index (κ3) is 4.77. The normalized spacial score (nSPS) is 44.2. The first-order chi connectivity index (χ1) is 14.3. The van der Waals surface area contributed by atoms with Gasteiger partial charge in [-0.1, -0.05) is 33.1 Å². The highest BCUT2D eigenvalue weighted by Crippen LogP contribution is 2.53. The third-order valence-corrected chi connectivity index (χ3v) is 11.3. The van der Waals surface area contributed by atoms with Gasteiger partial charge in [0, 0.05) is 19.6 Å². The van der Waals surface area contributed by atoms with Crippen LogP contribution in [0, 0.1) is 23.2 Å². The van der Waals surface area contributed by atoms with Gasteiger partial charge in [0.2, 0.25) is 0 Å². The summed E-state index contributed by atoms with van der Waals surface area (Å²) < 4.78 is 38.8. The molecule has 1 heterocycles. The molecule has 1 aliphatic heterocycles. The largest absolute Gasteiger partial charge is 0.392 e. The minimum absolute atomic E-state index is 0.0139. The molecule has 0 radical (unpaired) electrons. The van der Waals surface area contributed by atoms with Gasteiger partial charge in [0.05, 0.1) is 29.3 Å². The van der Waals surface area contributed by atoms with Gasteiger partial charge in [0.25, 0.3) is 0 Å². The molecule has 0 aromatic heterocycles. The minimum Gasteiger partial charge on any atom is -0.392 e. The van der Waals surface area contributed by atoms with Crippen LogP contribution in [0.25, 0.3) is 0 Å². The molecule has 0 aromatic carbocycles. The summed E-state index contributed by atoms with van der Waals surface area (Å²) in [6.45, 7) is 4.23. The monoisotopic (exact) mass is 444 g/mol. The molecule has 3 aliphatic rings. The van der Waals surface area contributed by atoms with E-state index >= 15 is 0 Å². The Morgan fingerprint density at radius 3 is 2.33 bits per heavy atom. The van der Waals surface area contributed by atoms with Crippen LogP contribution in [0.4, 0.5) is 0 Å². The molecule has 0 bridgehead atoms. The van der Waals surface area contributed by atoms with Crippen molar-refractivity contribution in [3.05, 3.63) is 0 Å². The Morgan fingerprint density at radius 1 is 1.00 bits per heavy atom. The number of ether oxygens (including phenoxy) is 2. The van der Waals surface area contributed by atoms with E-state index in [2.05, 4.69) is 13.8 Å². The van der Waals surface area contributed by atoms with Crippen molar-refractivity contribution in [1.29, 1.82) is 0 Å². The molecule has 3 rings (SSSR count). The lowest BCUT2D eigenvalue weighted by Crippen LogP contribution is -2.49. The number of aliphatic hydroxyl groups excluding tert-OH is 1. The Morgan fingerprint density at radius 2 is 1.70 bits per heavy atom. The van der Waals surface area contributed by atoms with Gasteiger partial charge in [-0.3, -0.25) is 0 Å². The smallest absolute Gasteiger partial charge is 0.154 e. The van der Waals surface area contributed by atoms with Gasteiger partial charge in [-0.2, -0.15) is 0 Å². The molecule has 1 saturated heterocycles. The van der Waals surface area contributed by atoms with Crippen LogP contribution >= 0.6 is 0 Å². The summed E-state index contributed by atoms with van der Waals surface area (Å²) in [5, 5.41) is 11.6. The minimum atomic E-state index is -3.27. The zero-order valence-corrected chi connectivity index (χ0v) is 20.3. The standard InChI is InChI=1S/C24H44O5S/c1-5-7-13-24(6-2)16-30(26,27)21-12-11-19(29-4)15-20(21)22(23(24)25)17-9-8-10-18(14-17)28-3/h17-23,25H,5-16H2,1-4H3/t17?,18?,19?,20?,21?,22?,23?,24-/m1/s1. The molecule has 30 heavy (non-hydrogen) atoms. The van der Waals surface area contributed by atoms with E-state index in [1.54, 1.807) is 14.2 Å². The van der Waals surface area contributed by atoms with Crippen LogP contribution in [0.15, 0.2) is 0 Å². The maximum Gasteiger partial charge on any atom is 0.154 e. The van der Waals surface area contributed by atoms with Crippen molar-refractivity contribution in [3.63, 3.8) is 0 Å². The molecule has 2 aliphatic carbocycles. The molecule has 3 fully saturated rings. The number of fused-ring (bicyclic) bond motifs is 1. The summed E-state index contributed by atoms with van der Waals surface area (Å²) in [6, 6.07) is 0. The Balaban J connectivity index is 2.05. The molecule has 0 amide bonds. The van der Waals surface area contributed by atoms with Crippen molar-refractivity contribution < 1.29 is 23.0 Å². The molecular formula is C24H44O5S. The SMILES string of the molecule is CCCC[C@]1(CC)CS(=O)(=O)C2CCC(OC)CC2C(C2CCCC(OC)C2)C1O. The highest BCUT2D eigenvalue weighted by atomic mass is 32.2. The Bertz CT molecular complexity index is 650. The van der Waals surface area contributed by atoms with Crippen molar-refractivity contribution in [2.24, 2.45) is 23.2 Å². The van der Waals surface area contributed by atoms with Crippen LogP contribution in [0.5, 0.6) is 0 Å². The highest BCUT2D eigenvalue weighted by molar-refractivity contribution is 7.92. The van der Waals surface area contributed by atoms with E-state index in [-0.39, 0.29) is 35.0 Å². The van der Waals surface area contributed by atoms with E-state index in [4.69, 9.17) is 9.47 Å². The Hall–Kier alpha value is -0.170. The van der Waals surface area contributed by atoms with Gasteiger partial charge in [-0.05, 0) is 69.1 Å². The topological polar surface area (TPSA) is 72.8 Å². The molecule has 8 atom stereocenters. The lowest BCUT2D eigenvalue weighted by atomic mass is 9.60. The molecular weight excluding hydrogens is 400 g/mol. The molecule has 0 spiro atoms. The molecule has 5 nitrogen and oxygen atoms in total. The number of methoxy groups -OCH3 is 2. The first kappa shape index (κ1) is 24.5. The number of hydrogen-bond acceptors (Lipinski definition) is 5. The fraction of sp³-hybridized carbons (Fsp3) is 1.00. The first-order valence-corrected chi connectivity index (χ1v) is 14.0. The van der Waals surface area contributed by atoms with Crippen molar-refractivity contribution in [2.45, 2.75) is 108 Å². The van der Waals surface area contributed by atoms with Gasteiger partial charge in [-0.15, -0.1) is 0 Å². The number of unbranched alkanes of at least 4 members (excludes halogenated alkanes) is 1. The molecule has 176 valence electrons. The quantitative estimate of drug-likeness (QED) is 0.631. The van der Waals surface area contributed by atoms with Gasteiger partial charge in [0.15, 0.2) is 9.84 Å². The van der Waals surface area contributed by atoms with E-state index in [9.17, 15) is 13.5 Å². The average molecular weight is 445 g/mol. The zero-order chi connectivity index (χ0) is 21.9. The lowest BCUT2D eigenvalue weighted by molar-refractivity contribution is -0.0859. The predicted molar refractivity (Wildman–Crippen MR) is 120 cm³/mol. The third-order valence-electron chi connectivity index (χ3n) is 8.83. The molecule has 0 aromatic rings. The van der Waals surface area contributed by atoms with Crippen molar-refractivity contribution in [2.75, 3.05) is 20.0 Å². The van der Waals surface area contributed by atoms with Crippen molar-refractivity contribution in [1.82, 2.24) is 0 Å². The van der Waals surface area contributed by atoms with Crippen molar-refractivity contribution >= 4 is 9.84 Å². The predicted octanol–water partition coefficient (Wildman–Crippen LogP) is 4.37. The summed E-state index contributed by atoms with van der Waals surface area (Å²) in [4.78, 5) is 0. The van der Waals surface area contributed by atoms with Crippen LogP contribution < -0.4 is 0 Å². The van der Waals surface area contributed by atoms with Crippen molar-refractivity contribution in [3.8, 4) is 0 Å². The van der Waals surface area contributed by atoms with Crippen LogP contribution in [0.3, 0.4) is 0 Å². The number of aliphatic hydroxyl groups is 1. The second kappa shape index (κ2) is 10.2. The van der Waals surface area contributed by atoms with Crippen LogP contribution in [0.1, 0.15) is 84.5 Å². The molecule has 7 unspecified atom stereocenters. The Labute approximate surface area is 184 Å². The number of sulfone groups is 1. The van der Waals surface area contributed by atoms with E-state index in [1.807, 2.05) is 0 Å². The van der Waals surface area contributed by atoms with Crippen LogP contribution in [-0.4, -0.2) is 57.1 Å². The summed E-state index contributed by atoms with van der Waals surface area (Å²) in [7, 11) is 0.245. The highest BCUT2D eigenvalue weighted by Gasteiger charge is 2.57. The van der Waals surface area contributed by atoms with Gasteiger partial charge < -0.3 is 14.6 Å². The summed E-state index contributed by atoms with van der Waals surface area (Å²) in [5.41, 5.74) is -0.528. The van der Waals surface area contributed by atoms with Crippen LogP contribution in [-0.2, 0) is 19.3 Å². The number of rotatable bonds is 7. The second-order valence-corrected chi connectivity index (χ2v) is 12.5. The van der Waals surface area contributed by atoms with E-state index in [1.165, 1.54) is 0 Å². The average Bonchev–Trinajstić information content (AvgIpc) is 2.83. The van der Waals surface area contributed by atoms with Gasteiger partial charge >= 0.3 is 0 Å². The lowest BCUT2D eigenvalue weighted by Gasteiger charge is -2.47. The maximum atomic E-state index is 13.7. The fourth-order valence-electron chi connectivity index (χ4n) is 7.03. The summed E-state index contributed by atoms with van der Waals surface area (Å²) >= 11 is 0. The van der Waals surface area contributed by atoms with Gasteiger partial charge in [0.1, 0.15) is 0 Å².